The number of benzene rings is 1. The summed E-state index contributed by atoms with van der Waals surface area (Å²) in [6.07, 6.45) is 0.508. The van der Waals surface area contributed by atoms with Gasteiger partial charge in [-0.25, -0.2) is 14.0 Å². The van der Waals surface area contributed by atoms with E-state index in [-0.39, 0.29) is 36.2 Å². The Morgan fingerprint density at radius 1 is 1.26 bits per heavy atom. The van der Waals surface area contributed by atoms with Crippen molar-refractivity contribution in [2.45, 2.75) is 32.2 Å². The van der Waals surface area contributed by atoms with Gasteiger partial charge in [0.05, 0.1) is 29.8 Å². The molecule has 3 atom stereocenters. The van der Waals surface area contributed by atoms with Crippen LogP contribution in [0.15, 0.2) is 35.5 Å². The molecule has 27 heavy (non-hydrogen) atoms. The Labute approximate surface area is 155 Å². The smallest absolute Gasteiger partial charge is 0.338 e. The molecule has 0 aromatic heterocycles. The highest BCUT2D eigenvalue weighted by Gasteiger charge is 2.46. The summed E-state index contributed by atoms with van der Waals surface area (Å²) in [6, 6.07) is 5.28. The topological polar surface area (TPSA) is 93.7 Å². The summed E-state index contributed by atoms with van der Waals surface area (Å²) in [6.45, 7) is 3.24. The third kappa shape index (κ3) is 4.10. The van der Waals surface area contributed by atoms with E-state index in [4.69, 9.17) is 9.47 Å². The van der Waals surface area contributed by atoms with E-state index in [1.54, 1.807) is 32.0 Å². The zero-order valence-electron chi connectivity index (χ0n) is 15.1. The van der Waals surface area contributed by atoms with Crippen molar-refractivity contribution < 1.29 is 28.2 Å². The Bertz CT molecular complexity index is 807. The van der Waals surface area contributed by atoms with Gasteiger partial charge in [-0.3, -0.25) is 4.79 Å². The zero-order chi connectivity index (χ0) is 19.6. The maximum Gasteiger partial charge on any atom is 0.338 e. The number of hydrogen-bond donors (Lipinski definition) is 2. The number of amides is 2. The molecule has 144 valence electrons. The first-order valence-corrected chi connectivity index (χ1v) is 8.81. The molecule has 0 saturated heterocycles. The summed E-state index contributed by atoms with van der Waals surface area (Å²) >= 11 is 0. The van der Waals surface area contributed by atoms with Gasteiger partial charge >= 0.3 is 18.0 Å². The third-order valence-corrected chi connectivity index (χ3v) is 4.62. The lowest BCUT2D eigenvalue weighted by Crippen LogP contribution is -2.50. The number of ether oxygens (including phenoxy) is 2. The third-order valence-electron chi connectivity index (χ3n) is 4.62. The van der Waals surface area contributed by atoms with Crippen LogP contribution in [0.5, 0.6) is 0 Å². The van der Waals surface area contributed by atoms with Gasteiger partial charge < -0.3 is 20.1 Å². The molecular weight excluding hydrogens is 355 g/mol. The second-order valence-corrected chi connectivity index (χ2v) is 6.51. The van der Waals surface area contributed by atoms with Crippen LogP contribution in [0.3, 0.4) is 0 Å². The van der Waals surface area contributed by atoms with Gasteiger partial charge in [-0.2, -0.15) is 0 Å². The SMILES string of the molecule is CCOC(=O)C1=C(COC(=O)[C@@H]2C[C@@H]2c2ccccc2F)NC(=O)N[C@H]1C. The van der Waals surface area contributed by atoms with Crippen LogP contribution in [0, 0.1) is 11.7 Å². The average Bonchev–Trinajstić information content (AvgIpc) is 3.40. The van der Waals surface area contributed by atoms with Gasteiger partial charge in [0.15, 0.2) is 0 Å². The Balaban J connectivity index is 1.66. The summed E-state index contributed by atoms with van der Waals surface area (Å²) in [5, 5.41) is 5.06. The maximum atomic E-state index is 13.8. The normalized spacial score (nSPS) is 24.0. The van der Waals surface area contributed by atoms with Crippen LogP contribution in [0.1, 0.15) is 31.7 Å². The highest BCUT2D eigenvalue weighted by atomic mass is 19.1. The summed E-state index contributed by atoms with van der Waals surface area (Å²) in [5.74, 6) is -2.05. The molecule has 1 aliphatic heterocycles. The van der Waals surface area contributed by atoms with E-state index in [1.165, 1.54) is 6.07 Å². The van der Waals surface area contributed by atoms with Gasteiger partial charge in [0, 0.05) is 5.92 Å². The van der Waals surface area contributed by atoms with E-state index >= 15 is 0 Å². The van der Waals surface area contributed by atoms with E-state index in [0.29, 0.717) is 12.0 Å². The fraction of sp³-hybridized carbons (Fsp3) is 0.421. The van der Waals surface area contributed by atoms with Crippen LogP contribution in [0.4, 0.5) is 9.18 Å². The van der Waals surface area contributed by atoms with Crippen molar-refractivity contribution in [2.75, 3.05) is 13.2 Å². The first-order valence-electron chi connectivity index (χ1n) is 8.81. The average molecular weight is 376 g/mol. The molecule has 1 fully saturated rings. The van der Waals surface area contributed by atoms with Crippen LogP contribution < -0.4 is 10.6 Å². The number of urea groups is 1. The van der Waals surface area contributed by atoms with Gasteiger partial charge in [-0.1, -0.05) is 18.2 Å². The summed E-state index contributed by atoms with van der Waals surface area (Å²) in [4.78, 5) is 36.1. The highest BCUT2D eigenvalue weighted by molar-refractivity contribution is 5.94. The second kappa shape index (κ2) is 7.77. The van der Waals surface area contributed by atoms with Gasteiger partial charge in [-0.15, -0.1) is 0 Å². The monoisotopic (exact) mass is 376 g/mol. The number of esters is 2. The Morgan fingerprint density at radius 2 is 2.00 bits per heavy atom. The number of rotatable bonds is 6. The maximum absolute atomic E-state index is 13.8. The van der Waals surface area contributed by atoms with Crippen LogP contribution in [-0.4, -0.2) is 37.2 Å². The van der Waals surface area contributed by atoms with Crippen LogP contribution in [0.2, 0.25) is 0 Å². The van der Waals surface area contributed by atoms with Crippen LogP contribution in [0.25, 0.3) is 0 Å². The molecule has 2 N–H and O–H groups in total. The van der Waals surface area contributed by atoms with Crippen molar-refractivity contribution in [3.05, 3.63) is 46.9 Å². The predicted molar refractivity (Wildman–Crippen MR) is 93.0 cm³/mol. The first kappa shape index (κ1) is 18.9. The summed E-state index contributed by atoms with van der Waals surface area (Å²) in [5.41, 5.74) is 0.904. The molecule has 0 spiro atoms. The molecule has 3 rings (SSSR count). The minimum absolute atomic E-state index is 0.183. The standard InChI is InChI=1S/C19H21FN2O5/c1-3-26-18(24)16-10(2)21-19(25)22-15(16)9-27-17(23)13-8-12(13)11-6-4-5-7-14(11)20/h4-7,10,12-13H,3,8-9H2,1-2H3,(H2,21,22,25)/t10-,12+,13+/m0/s1. The molecule has 1 aliphatic carbocycles. The van der Waals surface area contributed by atoms with E-state index in [2.05, 4.69) is 10.6 Å². The van der Waals surface area contributed by atoms with Crippen molar-refractivity contribution in [1.82, 2.24) is 10.6 Å². The molecule has 8 heteroatoms. The molecule has 0 unspecified atom stereocenters. The predicted octanol–water partition coefficient (Wildman–Crippen LogP) is 1.99. The summed E-state index contributed by atoms with van der Waals surface area (Å²) < 4.78 is 24.1. The second-order valence-electron chi connectivity index (χ2n) is 6.51. The fourth-order valence-electron chi connectivity index (χ4n) is 3.22. The van der Waals surface area contributed by atoms with E-state index in [0.717, 1.165) is 0 Å². The molecule has 0 radical (unpaired) electrons. The van der Waals surface area contributed by atoms with Crippen LogP contribution in [-0.2, 0) is 19.1 Å². The first-order chi connectivity index (χ1) is 12.9. The highest BCUT2D eigenvalue weighted by Crippen LogP contribution is 2.48. The molecule has 2 amide bonds. The number of carbonyl (C=O) groups excluding carboxylic acids is 3. The lowest BCUT2D eigenvalue weighted by atomic mass is 10.0. The van der Waals surface area contributed by atoms with Crippen molar-refractivity contribution in [3.63, 3.8) is 0 Å². The minimum Gasteiger partial charge on any atom is -0.463 e. The van der Waals surface area contributed by atoms with Crippen molar-refractivity contribution in [1.29, 1.82) is 0 Å². The molecule has 1 aromatic rings. The molecule has 1 heterocycles. The molecule has 1 aromatic carbocycles. The van der Waals surface area contributed by atoms with Crippen molar-refractivity contribution in [3.8, 4) is 0 Å². The minimum atomic E-state index is -0.584. The lowest BCUT2D eigenvalue weighted by molar-refractivity contribution is -0.145. The number of carbonyl (C=O) groups is 3. The Morgan fingerprint density at radius 3 is 2.70 bits per heavy atom. The molecule has 7 nitrogen and oxygen atoms in total. The quantitative estimate of drug-likeness (QED) is 0.741. The Hall–Kier alpha value is -2.90. The molecule has 2 aliphatic rings. The van der Waals surface area contributed by atoms with Crippen molar-refractivity contribution >= 4 is 18.0 Å². The Kier molecular flexibility index (Phi) is 5.43. The molecule has 1 saturated carbocycles. The number of nitrogens with one attached hydrogen (secondary N) is 2. The van der Waals surface area contributed by atoms with E-state index in [1.807, 2.05) is 0 Å². The molecular formula is C19H21FN2O5. The van der Waals surface area contributed by atoms with E-state index < -0.39 is 29.9 Å². The fourth-order valence-corrected chi connectivity index (χ4v) is 3.22. The largest absolute Gasteiger partial charge is 0.463 e. The number of hydrogen-bond acceptors (Lipinski definition) is 5. The van der Waals surface area contributed by atoms with Gasteiger partial charge in [0.1, 0.15) is 12.4 Å². The van der Waals surface area contributed by atoms with E-state index in [9.17, 15) is 18.8 Å². The zero-order valence-corrected chi connectivity index (χ0v) is 15.1. The van der Waals surface area contributed by atoms with Crippen molar-refractivity contribution in [2.24, 2.45) is 5.92 Å². The summed E-state index contributed by atoms with van der Waals surface area (Å²) in [7, 11) is 0. The van der Waals surface area contributed by atoms with Gasteiger partial charge in [0.25, 0.3) is 0 Å². The lowest BCUT2D eigenvalue weighted by Gasteiger charge is -2.26. The van der Waals surface area contributed by atoms with Gasteiger partial charge in [0.2, 0.25) is 0 Å². The molecule has 0 bridgehead atoms. The van der Waals surface area contributed by atoms with Crippen LogP contribution >= 0.6 is 0 Å². The number of halogens is 1. The van der Waals surface area contributed by atoms with Gasteiger partial charge in [-0.05, 0) is 31.9 Å².